The highest BCUT2D eigenvalue weighted by atomic mass is 32.1. The largest absolute Gasteiger partial charge is 0.328 e. The molecule has 0 atom stereocenters. The molecule has 0 saturated carbocycles. The minimum atomic E-state index is -0.455. The van der Waals surface area contributed by atoms with Crippen molar-refractivity contribution in [3.8, 4) is 0 Å². The van der Waals surface area contributed by atoms with Crippen molar-refractivity contribution in [2.24, 2.45) is 0 Å². The van der Waals surface area contributed by atoms with Gasteiger partial charge in [-0.1, -0.05) is 23.5 Å². The van der Waals surface area contributed by atoms with E-state index in [-0.39, 0.29) is 5.56 Å². The zero-order valence-electron chi connectivity index (χ0n) is 10.6. The van der Waals surface area contributed by atoms with Crippen molar-refractivity contribution in [1.29, 1.82) is 0 Å². The number of fused-ring (bicyclic) bond motifs is 1. The number of anilines is 1. The summed E-state index contributed by atoms with van der Waals surface area (Å²) < 4.78 is 1.00. The van der Waals surface area contributed by atoms with Crippen LogP contribution in [0.3, 0.4) is 0 Å². The predicted molar refractivity (Wildman–Crippen MR) is 79.4 cm³/mol. The molecule has 2 N–H and O–H groups in total. The van der Waals surface area contributed by atoms with Crippen molar-refractivity contribution in [2.45, 2.75) is 6.92 Å². The van der Waals surface area contributed by atoms with Gasteiger partial charge in [0.15, 0.2) is 5.13 Å². The fourth-order valence-corrected chi connectivity index (χ4v) is 2.84. The molecule has 0 aliphatic heterocycles. The van der Waals surface area contributed by atoms with E-state index in [0.717, 1.165) is 15.8 Å². The number of hydrogen-bond acceptors (Lipinski definition) is 4. The van der Waals surface area contributed by atoms with E-state index in [9.17, 15) is 9.59 Å². The van der Waals surface area contributed by atoms with Crippen molar-refractivity contribution in [3.05, 3.63) is 58.0 Å². The molecule has 0 bridgehead atoms. The summed E-state index contributed by atoms with van der Waals surface area (Å²) in [5.41, 5.74) is 1.58. The third-order valence-corrected chi connectivity index (χ3v) is 3.84. The number of H-pyrrole nitrogens is 1. The Morgan fingerprint density at radius 1 is 1.30 bits per heavy atom. The van der Waals surface area contributed by atoms with E-state index in [2.05, 4.69) is 15.3 Å². The minimum absolute atomic E-state index is 0.0727. The quantitative estimate of drug-likeness (QED) is 0.759. The number of carbonyl (C=O) groups is 1. The molecule has 6 heteroatoms. The van der Waals surface area contributed by atoms with Gasteiger partial charge in [0.1, 0.15) is 5.56 Å². The van der Waals surface area contributed by atoms with Crippen LogP contribution >= 0.6 is 11.3 Å². The van der Waals surface area contributed by atoms with Crippen LogP contribution in [-0.4, -0.2) is 15.9 Å². The highest BCUT2D eigenvalue weighted by Crippen LogP contribution is 2.27. The van der Waals surface area contributed by atoms with Crippen LogP contribution < -0.4 is 10.9 Å². The Bertz CT molecular complexity index is 851. The summed E-state index contributed by atoms with van der Waals surface area (Å²) in [5, 5.41) is 3.15. The van der Waals surface area contributed by atoms with Crippen molar-refractivity contribution >= 4 is 32.6 Å². The number of amides is 1. The maximum absolute atomic E-state index is 12.0. The maximum atomic E-state index is 12.0. The molecule has 0 saturated heterocycles. The van der Waals surface area contributed by atoms with Crippen LogP contribution in [0.15, 0.2) is 41.3 Å². The zero-order valence-corrected chi connectivity index (χ0v) is 11.5. The van der Waals surface area contributed by atoms with Gasteiger partial charge in [-0.15, -0.1) is 0 Å². The molecule has 2 heterocycles. The second-order valence-corrected chi connectivity index (χ2v) is 5.34. The molecular formula is C14H11N3O2S. The second-order valence-electron chi connectivity index (χ2n) is 4.31. The van der Waals surface area contributed by atoms with E-state index in [1.54, 1.807) is 6.07 Å². The molecule has 100 valence electrons. The number of hydrogen-bond donors (Lipinski definition) is 2. The lowest BCUT2D eigenvalue weighted by Crippen LogP contribution is -2.22. The van der Waals surface area contributed by atoms with Crippen molar-refractivity contribution in [3.63, 3.8) is 0 Å². The number of pyridine rings is 1. The number of nitrogens with zero attached hydrogens (tertiary/aromatic N) is 1. The average Bonchev–Trinajstić information content (AvgIpc) is 2.83. The van der Waals surface area contributed by atoms with Gasteiger partial charge in [-0.25, -0.2) is 4.98 Å². The Labute approximate surface area is 118 Å². The molecular weight excluding hydrogens is 274 g/mol. The summed E-state index contributed by atoms with van der Waals surface area (Å²) >= 11 is 1.38. The molecule has 0 fully saturated rings. The summed E-state index contributed by atoms with van der Waals surface area (Å²) in [6.07, 6.45) is 1.49. The van der Waals surface area contributed by atoms with Gasteiger partial charge in [0.25, 0.3) is 11.5 Å². The summed E-state index contributed by atoms with van der Waals surface area (Å²) in [5.74, 6) is -0.455. The van der Waals surface area contributed by atoms with Gasteiger partial charge < -0.3 is 4.98 Å². The Hall–Kier alpha value is -2.47. The third-order valence-electron chi connectivity index (χ3n) is 2.90. The molecule has 0 aliphatic carbocycles. The van der Waals surface area contributed by atoms with Gasteiger partial charge >= 0.3 is 0 Å². The molecule has 0 radical (unpaired) electrons. The molecule has 0 aliphatic rings. The predicted octanol–water partition coefficient (Wildman–Crippen LogP) is 2.55. The number of aryl methyl sites for hydroxylation is 1. The molecule has 2 aromatic heterocycles. The number of aromatic nitrogens is 2. The van der Waals surface area contributed by atoms with Gasteiger partial charge in [-0.3, -0.25) is 14.9 Å². The van der Waals surface area contributed by atoms with Crippen molar-refractivity contribution < 1.29 is 4.79 Å². The first-order chi connectivity index (χ1) is 9.65. The highest BCUT2D eigenvalue weighted by Gasteiger charge is 2.13. The van der Waals surface area contributed by atoms with Crippen LogP contribution in [0, 0.1) is 6.92 Å². The standard InChI is InChI=1S/C14H11N3O2S/c1-8-4-2-6-10-11(8)16-14(20-10)17-13(19)9-5-3-7-15-12(9)18/h2-7H,1H3,(H,15,18)(H,16,17,19). The number of benzene rings is 1. The first-order valence-corrected chi connectivity index (χ1v) is 6.82. The number of rotatable bonds is 2. The van der Waals surface area contributed by atoms with Crippen LogP contribution in [-0.2, 0) is 0 Å². The summed E-state index contributed by atoms with van der Waals surface area (Å²) in [6.45, 7) is 1.97. The summed E-state index contributed by atoms with van der Waals surface area (Å²) in [7, 11) is 0. The topological polar surface area (TPSA) is 74.8 Å². The second kappa shape index (κ2) is 4.90. The van der Waals surface area contributed by atoms with E-state index in [1.165, 1.54) is 23.6 Å². The molecule has 1 aromatic carbocycles. The smallest absolute Gasteiger partial charge is 0.263 e. The van der Waals surface area contributed by atoms with E-state index in [0.29, 0.717) is 5.13 Å². The van der Waals surface area contributed by atoms with Gasteiger partial charge in [-0.05, 0) is 30.7 Å². The van der Waals surface area contributed by atoms with Crippen LogP contribution in [0.2, 0.25) is 0 Å². The van der Waals surface area contributed by atoms with Gasteiger partial charge in [-0.2, -0.15) is 0 Å². The van der Waals surface area contributed by atoms with Crippen LogP contribution in [0.4, 0.5) is 5.13 Å². The zero-order chi connectivity index (χ0) is 14.1. The maximum Gasteiger partial charge on any atom is 0.263 e. The minimum Gasteiger partial charge on any atom is -0.328 e. The van der Waals surface area contributed by atoms with E-state index < -0.39 is 11.5 Å². The van der Waals surface area contributed by atoms with E-state index in [4.69, 9.17) is 0 Å². The molecule has 3 rings (SSSR count). The lowest BCUT2D eigenvalue weighted by Gasteiger charge is -1.99. The Kier molecular flexibility index (Phi) is 3.08. The van der Waals surface area contributed by atoms with Gasteiger partial charge in [0.05, 0.1) is 10.2 Å². The average molecular weight is 285 g/mol. The number of para-hydroxylation sites is 1. The molecule has 3 aromatic rings. The SMILES string of the molecule is Cc1cccc2sc(NC(=O)c3ccc[nH]c3=O)nc12. The molecule has 20 heavy (non-hydrogen) atoms. The normalized spacial score (nSPS) is 10.7. The molecule has 0 spiro atoms. The lowest BCUT2D eigenvalue weighted by atomic mass is 10.2. The van der Waals surface area contributed by atoms with Crippen LogP contribution in [0.25, 0.3) is 10.2 Å². The van der Waals surface area contributed by atoms with Crippen molar-refractivity contribution in [1.82, 2.24) is 9.97 Å². The number of carbonyl (C=O) groups excluding carboxylic acids is 1. The summed E-state index contributed by atoms with van der Waals surface area (Å²) in [4.78, 5) is 30.4. The fourth-order valence-electron chi connectivity index (χ4n) is 1.90. The van der Waals surface area contributed by atoms with E-state index >= 15 is 0 Å². The Morgan fingerprint density at radius 3 is 2.90 bits per heavy atom. The van der Waals surface area contributed by atoms with Crippen molar-refractivity contribution in [2.75, 3.05) is 5.32 Å². The monoisotopic (exact) mass is 285 g/mol. The number of thiazole rings is 1. The van der Waals surface area contributed by atoms with Gasteiger partial charge in [0, 0.05) is 6.20 Å². The molecule has 0 unspecified atom stereocenters. The highest BCUT2D eigenvalue weighted by molar-refractivity contribution is 7.22. The summed E-state index contributed by atoms with van der Waals surface area (Å²) in [6, 6.07) is 8.95. The lowest BCUT2D eigenvalue weighted by molar-refractivity contribution is 0.102. The Balaban J connectivity index is 1.94. The Morgan fingerprint density at radius 2 is 2.15 bits per heavy atom. The fraction of sp³-hybridized carbons (Fsp3) is 0.0714. The number of nitrogens with one attached hydrogen (secondary N) is 2. The molecule has 5 nitrogen and oxygen atoms in total. The van der Waals surface area contributed by atoms with Crippen LogP contribution in [0.1, 0.15) is 15.9 Å². The first kappa shape index (κ1) is 12.6. The van der Waals surface area contributed by atoms with E-state index in [1.807, 2.05) is 25.1 Å². The number of aromatic amines is 1. The molecule has 1 amide bonds. The first-order valence-electron chi connectivity index (χ1n) is 6.00. The third kappa shape index (κ3) is 2.21. The van der Waals surface area contributed by atoms with Crippen LogP contribution in [0.5, 0.6) is 0 Å². The van der Waals surface area contributed by atoms with Gasteiger partial charge in [0.2, 0.25) is 0 Å².